The molecule has 1 heterocycles. The van der Waals surface area contributed by atoms with Crippen LogP contribution >= 0.6 is 11.3 Å². The van der Waals surface area contributed by atoms with E-state index in [0.29, 0.717) is 12.5 Å². The fraction of sp³-hybridized carbons (Fsp3) is 0.600. The lowest BCUT2D eigenvalue weighted by atomic mass is 9.84. The van der Waals surface area contributed by atoms with Gasteiger partial charge in [-0.25, -0.2) is 4.79 Å². The minimum absolute atomic E-state index is 0.216. The molecule has 2 saturated carbocycles. The third-order valence-electron chi connectivity index (χ3n) is 4.72. The molecular formula is C15H20N2O3S. The molecule has 0 aliphatic heterocycles. The zero-order chi connectivity index (χ0) is 15.0. The van der Waals surface area contributed by atoms with Crippen molar-refractivity contribution in [2.24, 2.45) is 17.8 Å². The van der Waals surface area contributed by atoms with Crippen LogP contribution in [0.4, 0.5) is 4.79 Å². The average Bonchev–Trinajstić information content (AvgIpc) is 3.11. The van der Waals surface area contributed by atoms with Crippen molar-refractivity contribution in [2.75, 3.05) is 0 Å². The summed E-state index contributed by atoms with van der Waals surface area (Å²) in [6.07, 6.45) is 2.95. The number of amides is 2. The molecule has 4 atom stereocenters. The van der Waals surface area contributed by atoms with E-state index in [2.05, 4.69) is 10.6 Å². The highest BCUT2D eigenvalue weighted by Gasteiger charge is 2.51. The minimum atomic E-state index is -0.776. The van der Waals surface area contributed by atoms with Gasteiger partial charge >= 0.3 is 12.0 Å². The third-order valence-corrected chi connectivity index (χ3v) is 5.72. The smallest absolute Gasteiger partial charge is 0.315 e. The Morgan fingerprint density at radius 3 is 2.76 bits per heavy atom. The van der Waals surface area contributed by atoms with Gasteiger partial charge in [-0.2, -0.15) is 0 Å². The lowest BCUT2D eigenvalue weighted by Gasteiger charge is -2.28. The van der Waals surface area contributed by atoms with Crippen molar-refractivity contribution in [2.45, 2.75) is 38.8 Å². The largest absolute Gasteiger partial charge is 0.481 e. The van der Waals surface area contributed by atoms with Crippen molar-refractivity contribution < 1.29 is 14.7 Å². The van der Waals surface area contributed by atoms with Crippen molar-refractivity contribution in [1.82, 2.24) is 10.6 Å². The molecule has 1 aromatic rings. The first-order valence-electron chi connectivity index (χ1n) is 7.37. The number of carbonyl (C=O) groups excluding carboxylic acids is 1. The standard InChI is InChI=1S/C15H20N2O3S/c1-8-2-5-11(21-8)7-16-15(20)17-13-10-4-3-9(6-10)12(13)14(18)19/h2,5,9-10,12-13H,3-4,6-7H2,1H3,(H,18,19)(H2,16,17,20). The quantitative estimate of drug-likeness (QED) is 0.799. The van der Waals surface area contributed by atoms with E-state index in [9.17, 15) is 14.7 Å². The highest BCUT2D eigenvalue weighted by Crippen LogP contribution is 2.48. The van der Waals surface area contributed by atoms with Gasteiger partial charge in [-0.05, 0) is 50.2 Å². The fourth-order valence-corrected chi connectivity index (χ4v) is 4.63. The molecule has 4 unspecified atom stereocenters. The second kappa shape index (κ2) is 5.67. The molecule has 0 spiro atoms. The van der Waals surface area contributed by atoms with Crippen LogP contribution in [0.25, 0.3) is 0 Å². The van der Waals surface area contributed by atoms with Crippen molar-refractivity contribution in [3.8, 4) is 0 Å². The summed E-state index contributed by atoms with van der Waals surface area (Å²) in [4.78, 5) is 25.7. The van der Waals surface area contributed by atoms with Gasteiger partial charge in [0.2, 0.25) is 0 Å². The summed E-state index contributed by atoms with van der Waals surface area (Å²) in [7, 11) is 0. The molecule has 5 nitrogen and oxygen atoms in total. The number of thiophene rings is 1. The molecule has 3 rings (SSSR count). The second-order valence-electron chi connectivity index (χ2n) is 6.06. The van der Waals surface area contributed by atoms with Crippen molar-refractivity contribution >= 4 is 23.3 Å². The lowest BCUT2D eigenvalue weighted by molar-refractivity contribution is -0.144. The molecule has 0 saturated heterocycles. The van der Waals surface area contributed by atoms with Crippen LogP contribution in [-0.2, 0) is 11.3 Å². The minimum Gasteiger partial charge on any atom is -0.481 e. The third kappa shape index (κ3) is 2.90. The number of hydrogen-bond acceptors (Lipinski definition) is 3. The Hall–Kier alpha value is -1.56. The molecule has 2 aliphatic carbocycles. The predicted octanol–water partition coefficient (Wildman–Crippen LogP) is 2.36. The maximum absolute atomic E-state index is 12.0. The highest BCUT2D eigenvalue weighted by atomic mass is 32.1. The Morgan fingerprint density at radius 2 is 2.10 bits per heavy atom. The Balaban J connectivity index is 1.55. The molecular weight excluding hydrogens is 288 g/mol. The van der Waals surface area contributed by atoms with Gasteiger partial charge in [0.25, 0.3) is 0 Å². The lowest BCUT2D eigenvalue weighted by Crippen LogP contribution is -2.50. The number of fused-ring (bicyclic) bond motifs is 2. The van der Waals surface area contributed by atoms with Gasteiger partial charge in [0.1, 0.15) is 0 Å². The average molecular weight is 308 g/mol. The zero-order valence-electron chi connectivity index (χ0n) is 12.0. The van der Waals surface area contributed by atoms with E-state index >= 15 is 0 Å². The van der Waals surface area contributed by atoms with Crippen LogP contribution in [0.15, 0.2) is 12.1 Å². The number of rotatable bonds is 4. The summed E-state index contributed by atoms with van der Waals surface area (Å²) >= 11 is 1.65. The summed E-state index contributed by atoms with van der Waals surface area (Å²) in [6.45, 7) is 2.52. The van der Waals surface area contributed by atoms with Crippen LogP contribution in [-0.4, -0.2) is 23.1 Å². The maximum Gasteiger partial charge on any atom is 0.315 e. The number of urea groups is 1. The molecule has 1 aromatic heterocycles. The van der Waals surface area contributed by atoms with E-state index < -0.39 is 11.9 Å². The maximum atomic E-state index is 12.0. The molecule has 2 bridgehead atoms. The summed E-state index contributed by atoms with van der Waals surface area (Å²) in [6, 6.07) is 3.55. The van der Waals surface area contributed by atoms with Crippen molar-refractivity contribution in [1.29, 1.82) is 0 Å². The molecule has 6 heteroatoms. The summed E-state index contributed by atoms with van der Waals surface area (Å²) in [5.41, 5.74) is 0. The number of hydrogen-bond donors (Lipinski definition) is 3. The Bertz CT molecular complexity index is 557. The fourth-order valence-electron chi connectivity index (χ4n) is 3.80. The number of carboxylic acids is 1. The number of aryl methyl sites for hydroxylation is 1. The number of aliphatic carboxylic acids is 1. The predicted molar refractivity (Wildman–Crippen MR) is 80.2 cm³/mol. The second-order valence-corrected chi connectivity index (χ2v) is 7.43. The van der Waals surface area contributed by atoms with Gasteiger partial charge in [-0.1, -0.05) is 0 Å². The highest BCUT2D eigenvalue weighted by molar-refractivity contribution is 7.11. The van der Waals surface area contributed by atoms with E-state index in [1.807, 2.05) is 19.1 Å². The normalized spacial score (nSPS) is 30.3. The first-order chi connectivity index (χ1) is 10.0. The van der Waals surface area contributed by atoms with E-state index in [-0.39, 0.29) is 18.0 Å². The van der Waals surface area contributed by atoms with Gasteiger partial charge in [0.05, 0.1) is 12.5 Å². The van der Waals surface area contributed by atoms with Gasteiger partial charge in [0, 0.05) is 15.8 Å². The molecule has 2 amide bonds. The van der Waals surface area contributed by atoms with Crippen LogP contribution in [0.2, 0.25) is 0 Å². The number of nitrogens with one attached hydrogen (secondary N) is 2. The topological polar surface area (TPSA) is 78.4 Å². The van der Waals surface area contributed by atoms with Crippen LogP contribution < -0.4 is 10.6 Å². The summed E-state index contributed by atoms with van der Waals surface area (Å²) in [5.74, 6) is -0.636. The zero-order valence-corrected chi connectivity index (χ0v) is 12.8. The summed E-state index contributed by atoms with van der Waals surface area (Å²) in [5, 5.41) is 15.1. The molecule has 0 radical (unpaired) electrons. The molecule has 114 valence electrons. The van der Waals surface area contributed by atoms with Gasteiger partial charge < -0.3 is 15.7 Å². The van der Waals surface area contributed by atoms with E-state index in [4.69, 9.17) is 0 Å². The molecule has 3 N–H and O–H groups in total. The number of carbonyl (C=O) groups is 2. The molecule has 2 fully saturated rings. The Labute approximate surface area is 127 Å². The molecule has 0 aromatic carbocycles. The van der Waals surface area contributed by atoms with E-state index in [0.717, 1.165) is 24.1 Å². The van der Waals surface area contributed by atoms with Crippen LogP contribution in [0.1, 0.15) is 29.0 Å². The molecule has 21 heavy (non-hydrogen) atoms. The Morgan fingerprint density at radius 1 is 1.33 bits per heavy atom. The van der Waals surface area contributed by atoms with Crippen LogP contribution in [0, 0.1) is 24.7 Å². The monoisotopic (exact) mass is 308 g/mol. The van der Waals surface area contributed by atoms with Crippen molar-refractivity contribution in [3.63, 3.8) is 0 Å². The Kier molecular flexibility index (Phi) is 3.89. The van der Waals surface area contributed by atoms with E-state index in [1.165, 1.54) is 4.88 Å². The van der Waals surface area contributed by atoms with Gasteiger partial charge in [-0.3, -0.25) is 4.79 Å². The van der Waals surface area contributed by atoms with Gasteiger partial charge in [0.15, 0.2) is 0 Å². The van der Waals surface area contributed by atoms with E-state index in [1.54, 1.807) is 11.3 Å². The van der Waals surface area contributed by atoms with Gasteiger partial charge in [-0.15, -0.1) is 11.3 Å². The SMILES string of the molecule is Cc1ccc(CNC(=O)NC2C3CCC(C3)C2C(=O)O)s1. The first kappa shape index (κ1) is 14.4. The first-order valence-corrected chi connectivity index (χ1v) is 8.18. The molecule has 2 aliphatic rings. The van der Waals surface area contributed by atoms with Crippen LogP contribution in [0.5, 0.6) is 0 Å². The van der Waals surface area contributed by atoms with Crippen molar-refractivity contribution in [3.05, 3.63) is 21.9 Å². The van der Waals surface area contributed by atoms with Crippen LogP contribution in [0.3, 0.4) is 0 Å². The summed E-state index contributed by atoms with van der Waals surface area (Å²) < 4.78 is 0. The number of carboxylic acid groups (broad SMARTS) is 1.